The van der Waals surface area contributed by atoms with Crippen LogP contribution in [0.25, 0.3) is 0 Å². The van der Waals surface area contributed by atoms with Gasteiger partial charge in [-0.3, -0.25) is 4.79 Å². The van der Waals surface area contributed by atoms with Crippen LogP contribution >= 0.6 is 0 Å². The first-order valence-corrected chi connectivity index (χ1v) is 6.81. The lowest BCUT2D eigenvalue weighted by Gasteiger charge is -2.19. The summed E-state index contributed by atoms with van der Waals surface area (Å²) in [6.07, 6.45) is 0.716. The summed E-state index contributed by atoms with van der Waals surface area (Å²) in [7, 11) is 1.59. The van der Waals surface area contributed by atoms with Crippen molar-refractivity contribution in [3.05, 3.63) is 29.8 Å². The second-order valence-corrected chi connectivity index (χ2v) is 4.55. The summed E-state index contributed by atoms with van der Waals surface area (Å²) < 4.78 is 5.06. The molecule has 0 unspecified atom stereocenters. The van der Waals surface area contributed by atoms with Crippen LogP contribution in [-0.4, -0.2) is 48.8 Å². The van der Waals surface area contributed by atoms with Gasteiger partial charge < -0.3 is 20.1 Å². The number of carbonyl (C=O) groups is 2. The second kappa shape index (κ2) is 9.23. The van der Waals surface area contributed by atoms with Crippen LogP contribution in [-0.2, 0) is 11.2 Å². The van der Waals surface area contributed by atoms with Gasteiger partial charge in [-0.25, -0.2) is 4.79 Å². The van der Waals surface area contributed by atoms with Gasteiger partial charge in [-0.05, 0) is 24.1 Å². The van der Waals surface area contributed by atoms with Crippen molar-refractivity contribution in [3.8, 4) is 11.8 Å². The molecule has 1 aromatic rings. The zero-order chi connectivity index (χ0) is 16.4. The minimum atomic E-state index is -1.11. The predicted octanol–water partition coefficient (Wildman–Crippen LogP) is 1.25. The van der Waals surface area contributed by atoms with Crippen LogP contribution in [0.3, 0.4) is 0 Å². The lowest BCUT2D eigenvalue weighted by atomic mass is 10.1. The number of amides is 2. The number of carboxylic acids is 1. The fourth-order valence-corrected chi connectivity index (χ4v) is 1.82. The van der Waals surface area contributed by atoms with E-state index in [1.54, 1.807) is 7.11 Å². The molecule has 0 aliphatic heterocycles. The van der Waals surface area contributed by atoms with Gasteiger partial charge in [0.2, 0.25) is 0 Å². The van der Waals surface area contributed by atoms with Crippen molar-refractivity contribution in [3.63, 3.8) is 0 Å². The molecule has 0 atom stereocenters. The van der Waals surface area contributed by atoms with Gasteiger partial charge in [0.25, 0.3) is 0 Å². The first-order valence-electron chi connectivity index (χ1n) is 6.81. The molecule has 0 radical (unpaired) electrons. The highest BCUT2D eigenvalue weighted by Gasteiger charge is 2.15. The number of carboxylic acid groups (broad SMARTS) is 1. The van der Waals surface area contributed by atoms with Crippen LogP contribution in [0.4, 0.5) is 4.79 Å². The molecule has 0 spiro atoms. The third kappa shape index (κ3) is 6.13. The zero-order valence-corrected chi connectivity index (χ0v) is 12.4. The Kier molecular flexibility index (Phi) is 7.26. The lowest BCUT2D eigenvalue weighted by molar-refractivity contribution is -0.137. The van der Waals surface area contributed by atoms with Crippen LogP contribution in [0, 0.1) is 11.3 Å². The molecule has 0 aliphatic carbocycles. The number of nitriles is 1. The van der Waals surface area contributed by atoms with Crippen molar-refractivity contribution < 1.29 is 19.4 Å². The van der Waals surface area contributed by atoms with Gasteiger partial charge in [-0.1, -0.05) is 12.1 Å². The van der Waals surface area contributed by atoms with E-state index in [1.807, 2.05) is 30.3 Å². The van der Waals surface area contributed by atoms with Crippen molar-refractivity contribution in [2.75, 3.05) is 26.7 Å². The van der Waals surface area contributed by atoms with Crippen LogP contribution in [0.5, 0.6) is 5.75 Å². The van der Waals surface area contributed by atoms with Gasteiger partial charge in [0, 0.05) is 13.1 Å². The molecule has 0 fully saturated rings. The van der Waals surface area contributed by atoms with E-state index in [1.165, 1.54) is 0 Å². The molecule has 0 heterocycles. The van der Waals surface area contributed by atoms with Crippen molar-refractivity contribution in [2.45, 2.75) is 12.8 Å². The molecule has 0 saturated heterocycles. The average molecular weight is 305 g/mol. The molecule has 7 heteroatoms. The number of urea groups is 1. The Bertz CT molecular complexity index is 537. The van der Waals surface area contributed by atoms with Gasteiger partial charge in [0.15, 0.2) is 0 Å². The maximum atomic E-state index is 11.9. The van der Waals surface area contributed by atoms with E-state index in [-0.39, 0.29) is 13.0 Å². The Hall–Kier alpha value is -2.75. The maximum absolute atomic E-state index is 11.9. The number of benzene rings is 1. The van der Waals surface area contributed by atoms with E-state index in [4.69, 9.17) is 15.1 Å². The molecule has 0 aromatic heterocycles. The molecule has 2 amide bonds. The highest BCUT2D eigenvalue weighted by atomic mass is 16.5. The Morgan fingerprint density at radius 1 is 1.36 bits per heavy atom. The van der Waals surface area contributed by atoms with Crippen molar-refractivity contribution in [1.29, 1.82) is 5.26 Å². The molecule has 0 aliphatic rings. The van der Waals surface area contributed by atoms with Crippen LogP contribution < -0.4 is 10.1 Å². The molecule has 2 N–H and O–H groups in total. The average Bonchev–Trinajstić information content (AvgIpc) is 2.51. The summed E-state index contributed by atoms with van der Waals surface area (Å²) >= 11 is 0. The van der Waals surface area contributed by atoms with E-state index in [9.17, 15) is 9.59 Å². The number of methoxy groups -OCH3 is 1. The van der Waals surface area contributed by atoms with Gasteiger partial charge in [-0.2, -0.15) is 5.26 Å². The minimum absolute atomic E-state index is 0.0944. The Balaban J connectivity index is 2.44. The number of nitrogens with one attached hydrogen (secondary N) is 1. The van der Waals surface area contributed by atoms with E-state index in [0.717, 1.165) is 16.2 Å². The Morgan fingerprint density at radius 2 is 2.05 bits per heavy atom. The fraction of sp³-hybridized carbons (Fsp3) is 0.400. The van der Waals surface area contributed by atoms with Crippen LogP contribution in [0.2, 0.25) is 0 Å². The monoisotopic (exact) mass is 305 g/mol. The van der Waals surface area contributed by atoms with Crippen molar-refractivity contribution in [2.24, 2.45) is 0 Å². The number of nitrogens with zero attached hydrogens (tertiary/aromatic N) is 2. The highest BCUT2D eigenvalue weighted by molar-refractivity contribution is 5.80. The normalized spacial score (nSPS) is 9.64. The molecule has 0 bridgehead atoms. The molecule has 118 valence electrons. The molecule has 0 saturated carbocycles. The number of carbonyl (C=O) groups excluding carboxylic acids is 1. The van der Waals surface area contributed by atoms with Crippen molar-refractivity contribution in [1.82, 2.24) is 10.2 Å². The summed E-state index contributed by atoms with van der Waals surface area (Å²) in [5.74, 6) is -0.347. The third-order valence-corrected chi connectivity index (χ3v) is 2.96. The largest absolute Gasteiger partial charge is 0.497 e. The van der Waals surface area contributed by atoms with Gasteiger partial charge >= 0.3 is 12.0 Å². The van der Waals surface area contributed by atoms with Crippen LogP contribution in [0.15, 0.2) is 24.3 Å². The smallest absolute Gasteiger partial charge is 0.323 e. The first kappa shape index (κ1) is 17.3. The van der Waals surface area contributed by atoms with Gasteiger partial charge in [-0.15, -0.1) is 0 Å². The molecule has 22 heavy (non-hydrogen) atoms. The molecular weight excluding hydrogens is 286 g/mol. The number of ether oxygens (including phenoxy) is 1. The summed E-state index contributed by atoms with van der Waals surface area (Å²) in [4.78, 5) is 23.7. The molecule has 1 rings (SSSR count). The van der Waals surface area contributed by atoms with E-state index in [0.29, 0.717) is 13.0 Å². The molecule has 7 nitrogen and oxygen atoms in total. The Morgan fingerprint density at radius 3 is 2.59 bits per heavy atom. The summed E-state index contributed by atoms with van der Waals surface area (Å²) in [6, 6.07) is 8.88. The molecular formula is C15H19N3O4. The number of hydrogen-bond donors (Lipinski definition) is 2. The first-order chi connectivity index (χ1) is 10.6. The van der Waals surface area contributed by atoms with Gasteiger partial charge in [0.05, 0.1) is 19.6 Å². The second-order valence-electron chi connectivity index (χ2n) is 4.55. The lowest BCUT2D eigenvalue weighted by Crippen LogP contribution is -2.43. The number of hydrogen-bond acceptors (Lipinski definition) is 4. The molecule has 1 aromatic carbocycles. The summed E-state index contributed by atoms with van der Waals surface area (Å²) in [5.41, 5.74) is 1.03. The van der Waals surface area contributed by atoms with Crippen molar-refractivity contribution >= 4 is 12.0 Å². The summed E-state index contributed by atoms with van der Waals surface area (Å²) in [6.45, 7) is 0.0566. The predicted molar refractivity (Wildman–Crippen MR) is 79.5 cm³/mol. The van der Waals surface area contributed by atoms with E-state index < -0.39 is 18.5 Å². The number of aliphatic carboxylic acids is 1. The number of rotatable bonds is 8. The summed E-state index contributed by atoms with van der Waals surface area (Å²) in [5, 5.41) is 20.0. The SMILES string of the molecule is COc1ccc(CCNC(=O)N(CCC#N)CC(=O)O)cc1. The highest BCUT2D eigenvalue weighted by Crippen LogP contribution is 2.11. The quantitative estimate of drug-likeness (QED) is 0.752. The maximum Gasteiger partial charge on any atom is 0.323 e. The zero-order valence-electron chi connectivity index (χ0n) is 12.4. The van der Waals surface area contributed by atoms with Crippen LogP contribution in [0.1, 0.15) is 12.0 Å². The standard InChI is InChI=1S/C15H19N3O4/c1-22-13-5-3-12(4-6-13)7-9-17-15(21)18(10-2-8-16)11-14(19)20/h3-6H,2,7,9-11H2,1H3,(H,17,21)(H,19,20). The third-order valence-electron chi connectivity index (χ3n) is 2.96. The van der Waals surface area contributed by atoms with E-state index >= 15 is 0 Å². The minimum Gasteiger partial charge on any atom is -0.497 e. The fourth-order valence-electron chi connectivity index (χ4n) is 1.82. The topological polar surface area (TPSA) is 103 Å². The Labute approximate surface area is 129 Å². The van der Waals surface area contributed by atoms with Gasteiger partial charge in [0.1, 0.15) is 12.3 Å². The van der Waals surface area contributed by atoms with E-state index in [2.05, 4.69) is 5.32 Å².